The number of nitro benzene ring substituents is 1. The van der Waals surface area contributed by atoms with E-state index in [4.69, 9.17) is 4.74 Å². The molecule has 0 saturated carbocycles. The highest BCUT2D eigenvalue weighted by atomic mass is 16.6. The second-order valence-electron chi connectivity index (χ2n) is 6.90. The molecule has 0 bridgehead atoms. The monoisotopic (exact) mass is 380 g/mol. The van der Waals surface area contributed by atoms with Crippen LogP contribution in [0.3, 0.4) is 0 Å². The minimum absolute atomic E-state index is 0.0648. The topological polar surface area (TPSA) is 101 Å². The van der Waals surface area contributed by atoms with E-state index in [2.05, 4.69) is 9.97 Å². The second kappa shape index (κ2) is 7.67. The fraction of sp³-hybridized carbons (Fsp3) is 0.300. The first-order valence-corrected chi connectivity index (χ1v) is 9.20. The molecule has 144 valence electrons. The number of aromatic amines is 1. The summed E-state index contributed by atoms with van der Waals surface area (Å²) in [7, 11) is 0. The number of para-hydroxylation sites is 1. The summed E-state index contributed by atoms with van der Waals surface area (Å²) < 4.78 is 5.84. The molecule has 3 aromatic rings. The number of piperidine rings is 1. The van der Waals surface area contributed by atoms with Gasteiger partial charge in [0.15, 0.2) is 0 Å². The highest BCUT2D eigenvalue weighted by Gasteiger charge is 2.26. The number of anilines is 1. The summed E-state index contributed by atoms with van der Waals surface area (Å²) in [5, 5.41) is 11.8. The Morgan fingerprint density at radius 3 is 2.68 bits per heavy atom. The van der Waals surface area contributed by atoms with Crippen LogP contribution in [0.2, 0.25) is 0 Å². The third-order valence-electron chi connectivity index (χ3n) is 5.12. The summed E-state index contributed by atoms with van der Waals surface area (Å²) in [5.74, 6) is 1.25. The number of fused-ring (bicyclic) bond motifs is 1. The van der Waals surface area contributed by atoms with Gasteiger partial charge in [-0.05, 0) is 37.0 Å². The zero-order valence-electron chi connectivity index (χ0n) is 15.2. The lowest BCUT2D eigenvalue weighted by atomic mass is 9.97. The van der Waals surface area contributed by atoms with Crippen molar-refractivity contribution in [3.05, 3.63) is 69.3 Å². The molecule has 0 amide bonds. The van der Waals surface area contributed by atoms with Gasteiger partial charge in [0.2, 0.25) is 0 Å². The third kappa shape index (κ3) is 3.66. The lowest BCUT2D eigenvalue weighted by Gasteiger charge is -2.33. The van der Waals surface area contributed by atoms with Crippen LogP contribution in [0, 0.1) is 16.0 Å². The van der Waals surface area contributed by atoms with Crippen molar-refractivity contribution in [2.75, 3.05) is 24.6 Å². The molecule has 0 spiro atoms. The van der Waals surface area contributed by atoms with Crippen molar-refractivity contribution >= 4 is 22.3 Å². The molecule has 28 heavy (non-hydrogen) atoms. The number of nitrogens with one attached hydrogen (secondary N) is 1. The molecule has 2 aromatic carbocycles. The number of hydrogen-bond acceptors (Lipinski definition) is 6. The minimum atomic E-state index is -0.439. The van der Waals surface area contributed by atoms with Crippen molar-refractivity contribution in [2.24, 2.45) is 5.92 Å². The number of H-pyrrole nitrogens is 1. The van der Waals surface area contributed by atoms with Gasteiger partial charge in [-0.3, -0.25) is 14.9 Å². The molecule has 4 rings (SSSR count). The van der Waals surface area contributed by atoms with E-state index in [0.717, 1.165) is 18.6 Å². The van der Waals surface area contributed by atoms with E-state index in [1.807, 2.05) is 35.2 Å². The second-order valence-corrected chi connectivity index (χ2v) is 6.90. The molecule has 0 unspecified atom stereocenters. The normalized spacial score (nSPS) is 14.9. The number of rotatable bonds is 5. The first-order chi connectivity index (χ1) is 13.6. The average Bonchev–Trinajstić information content (AvgIpc) is 2.73. The predicted octanol–water partition coefficient (Wildman–Crippen LogP) is 3.13. The van der Waals surface area contributed by atoms with Gasteiger partial charge in [0, 0.05) is 19.2 Å². The largest absolute Gasteiger partial charge is 0.493 e. The van der Waals surface area contributed by atoms with Crippen LogP contribution in [0.1, 0.15) is 12.8 Å². The Hall–Kier alpha value is -3.42. The number of hydrogen-bond donors (Lipinski definition) is 1. The third-order valence-corrected chi connectivity index (χ3v) is 5.12. The molecule has 1 aliphatic heterocycles. The average molecular weight is 380 g/mol. The standard InChI is InChI=1S/C20H20N4O4/c25-20-16-10-19(24(26)27)18(11-17(16)21-13-22-20)23-8-6-14(7-9-23)12-28-15-4-2-1-3-5-15/h1-5,10-11,13-14H,6-9,12H2,(H,21,22,25). The maximum absolute atomic E-state index is 11.9. The Morgan fingerprint density at radius 1 is 1.21 bits per heavy atom. The van der Waals surface area contributed by atoms with Gasteiger partial charge in [-0.2, -0.15) is 0 Å². The summed E-state index contributed by atoms with van der Waals surface area (Å²) in [6, 6.07) is 12.7. The predicted molar refractivity (Wildman–Crippen MR) is 106 cm³/mol. The van der Waals surface area contributed by atoms with E-state index in [0.29, 0.717) is 36.8 Å². The van der Waals surface area contributed by atoms with E-state index >= 15 is 0 Å². The Bertz CT molecular complexity index is 1040. The smallest absolute Gasteiger partial charge is 0.293 e. The summed E-state index contributed by atoms with van der Waals surface area (Å²) >= 11 is 0. The Balaban J connectivity index is 1.49. The lowest BCUT2D eigenvalue weighted by Crippen LogP contribution is -2.36. The molecule has 2 heterocycles. The molecule has 0 aliphatic carbocycles. The first kappa shape index (κ1) is 18.0. The van der Waals surface area contributed by atoms with Gasteiger partial charge in [-0.15, -0.1) is 0 Å². The van der Waals surface area contributed by atoms with Gasteiger partial charge in [0.1, 0.15) is 11.4 Å². The van der Waals surface area contributed by atoms with Crippen LogP contribution in [0.25, 0.3) is 10.9 Å². The molecular formula is C20H20N4O4. The van der Waals surface area contributed by atoms with Crippen LogP contribution in [0.5, 0.6) is 5.75 Å². The SMILES string of the molecule is O=c1[nH]cnc2cc(N3CCC(COc4ccccc4)CC3)c([N+](=O)[O-])cc12. The van der Waals surface area contributed by atoms with Gasteiger partial charge < -0.3 is 14.6 Å². The zero-order chi connectivity index (χ0) is 19.5. The maximum Gasteiger partial charge on any atom is 0.293 e. The number of benzene rings is 2. The molecule has 0 radical (unpaired) electrons. The first-order valence-electron chi connectivity index (χ1n) is 9.20. The van der Waals surface area contributed by atoms with Crippen LogP contribution in [0.15, 0.2) is 53.6 Å². The quantitative estimate of drug-likeness (QED) is 0.539. The molecular weight excluding hydrogens is 360 g/mol. The van der Waals surface area contributed by atoms with Crippen LogP contribution in [-0.2, 0) is 0 Å². The van der Waals surface area contributed by atoms with Gasteiger partial charge in [-0.25, -0.2) is 4.98 Å². The minimum Gasteiger partial charge on any atom is -0.493 e. The molecule has 1 fully saturated rings. The fourth-order valence-corrected chi connectivity index (χ4v) is 3.56. The van der Waals surface area contributed by atoms with Crippen LogP contribution < -0.4 is 15.2 Å². The molecule has 8 heteroatoms. The summed E-state index contributed by atoms with van der Waals surface area (Å²) in [5.41, 5.74) is 0.526. The fourth-order valence-electron chi connectivity index (χ4n) is 3.56. The Kier molecular flexibility index (Phi) is 4.92. The van der Waals surface area contributed by atoms with Crippen molar-refractivity contribution in [1.82, 2.24) is 9.97 Å². The molecule has 1 aliphatic rings. The van der Waals surface area contributed by atoms with Crippen LogP contribution >= 0.6 is 0 Å². The Morgan fingerprint density at radius 2 is 1.96 bits per heavy atom. The summed E-state index contributed by atoms with van der Waals surface area (Å²) in [4.78, 5) is 31.7. The van der Waals surface area contributed by atoms with Crippen molar-refractivity contribution in [1.29, 1.82) is 0 Å². The lowest BCUT2D eigenvalue weighted by molar-refractivity contribution is -0.384. The highest BCUT2D eigenvalue weighted by molar-refractivity contribution is 5.87. The van der Waals surface area contributed by atoms with Crippen LogP contribution in [0.4, 0.5) is 11.4 Å². The van der Waals surface area contributed by atoms with Crippen LogP contribution in [-0.4, -0.2) is 34.6 Å². The van der Waals surface area contributed by atoms with Gasteiger partial charge in [0.25, 0.3) is 11.2 Å². The number of ether oxygens (including phenoxy) is 1. The van der Waals surface area contributed by atoms with E-state index in [1.165, 1.54) is 12.4 Å². The van der Waals surface area contributed by atoms with Gasteiger partial charge in [-0.1, -0.05) is 18.2 Å². The van der Waals surface area contributed by atoms with Crippen molar-refractivity contribution in [2.45, 2.75) is 12.8 Å². The number of nitrogens with zero attached hydrogens (tertiary/aromatic N) is 3. The zero-order valence-corrected chi connectivity index (χ0v) is 15.2. The summed E-state index contributed by atoms with van der Waals surface area (Å²) in [6.07, 6.45) is 3.07. The van der Waals surface area contributed by atoms with Crippen molar-refractivity contribution < 1.29 is 9.66 Å². The molecule has 8 nitrogen and oxygen atoms in total. The van der Waals surface area contributed by atoms with Gasteiger partial charge in [0.05, 0.1) is 28.8 Å². The number of nitro groups is 1. The van der Waals surface area contributed by atoms with E-state index in [9.17, 15) is 14.9 Å². The van der Waals surface area contributed by atoms with Crippen molar-refractivity contribution in [3.8, 4) is 5.75 Å². The van der Waals surface area contributed by atoms with Crippen molar-refractivity contribution in [3.63, 3.8) is 0 Å². The number of aromatic nitrogens is 2. The molecule has 1 N–H and O–H groups in total. The van der Waals surface area contributed by atoms with E-state index in [-0.39, 0.29) is 16.6 Å². The summed E-state index contributed by atoms with van der Waals surface area (Å²) in [6.45, 7) is 2.02. The van der Waals surface area contributed by atoms with Gasteiger partial charge >= 0.3 is 0 Å². The molecule has 1 saturated heterocycles. The van der Waals surface area contributed by atoms with E-state index < -0.39 is 4.92 Å². The maximum atomic E-state index is 11.9. The Labute approximate surface area is 160 Å². The van der Waals surface area contributed by atoms with E-state index in [1.54, 1.807) is 6.07 Å². The molecule has 1 aromatic heterocycles. The molecule has 0 atom stereocenters. The highest BCUT2D eigenvalue weighted by Crippen LogP contribution is 2.34.